The Kier molecular flexibility index (Phi) is 12.1. The first kappa shape index (κ1) is 35.3. The molecule has 3 amide bonds. The summed E-state index contributed by atoms with van der Waals surface area (Å²) in [6, 6.07) is 26.1. The third kappa shape index (κ3) is 9.32. The van der Waals surface area contributed by atoms with Crippen molar-refractivity contribution in [1.82, 2.24) is 20.0 Å². The van der Waals surface area contributed by atoms with Gasteiger partial charge in [0, 0.05) is 63.0 Å². The van der Waals surface area contributed by atoms with E-state index in [1.54, 1.807) is 24.3 Å². The number of benzene rings is 3. The van der Waals surface area contributed by atoms with Gasteiger partial charge in [-0.25, -0.2) is 8.42 Å². The van der Waals surface area contributed by atoms with Crippen LogP contribution >= 0.6 is 0 Å². The molecule has 256 valence electrons. The standard InChI is InChI=1S/C38H48N4O5S/c1-3-42(36(43)28-29-14-16-34(17-15-29)48(2,46)47)33-20-23-40(24-21-33)25-22-35(30-10-6-4-7-11-30)39-37(44)31-18-26-41(27-19-31)38(45)32-12-8-5-9-13-32/h4-17,31,33,35H,3,18-28H2,1-2H3,(H,39,44)/t35-/m0/s1. The van der Waals surface area contributed by atoms with Crippen LogP contribution in [-0.4, -0.2) is 92.4 Å². The van der Waals surface area contributed by atoms with Gasteiger partial charge in [-0.1, -0.05) is 60.7 Å². The van der Waals surface area contributed by atoms with Crippen LogP contribution in [0.25, 0.3) is 0 Å². The van der Waals surface area contributed by atoms with Crippen molar-refractivity contribution in [2.45, 2.75) is 62.4 Å². The molecule has 2 aliphatic rings. The van der Waals surface area contributed by atoms with Crippen molar-refractivity contribution in [3.05, 3.63) is 102 Å². The third-order valence-electron chi connectivity index (χ3n) is 9.79. The molecule has 1 N–H and O–H groups in total. The van der Waals surface area contributed by atoms with Gasteiger partial charge in [0.2, 0.25) is 11.8 Å². The van der Waals surface area contributed by atoms with Crippen LogP contribution in [0.3, 0.4) is 0 Å². The highest BCUT2D eigenvalue weighted by Gasteiger charge is 2.31. The van der Waals surface area contributed by atoms with E-state index in [1.807, 2.05) is 65.3 Å². The molecule has 0 saturated carbocycles. The lowest BCUT2D eigenvalue weighted by atomic mass is 9.94. The molecular formula is C38H48N4O5S. The molecule has 2 fully saturated rings. The van der Waals surface area contributed by atoms with Crippen molar-refractivity contribution in [2.75, 3.05) is 45.5 Å². The zero-order chi connectivity index (χ0) is 34.1. The number of likely N-dealkylation sites (tertiary alicyclic amines) is 2. The summed E-state index contributed by atoms with van der Waals surface area (Å²) in [6.07, 6.45) is 5.28. The Labute approximate surface area is 285 Å². The minimum atomic E-state index is -3.27. The number of amides is 3. The second-order valence-electron chi connectivity index (χ2n) is 13.0. The number of hydrogen-bond acceptors (Lipinski definition) is 6. The van der Waals surface area contributed by atoms with Crippen molar-refractivity contribution in [3.8, 4) is 0 Å². The Morgan fingerprint density at radius 1 is 0.833 bits per heavy atom. The Balaban J connectivity index is 1.11. The van der Waals surface area contributed by atoms with Gasteiger partial charge in [0.1, 0.15) is 0 Å². The predicted molar refractivity (Wildman–Crippen MR) is 187 cm³/mol. The van der Waals surface area contributed by atoms with Gasteiger partial charge in [0.25, 0.3) is 5.91 Å². The fourth-order valence-corrected chi connectivity index (χ4v) is 7.57. The van der Waals surface area contributed by atoms with Crippen molar-refractivity contribution in [1.29, 1.82) is 0 Å². The Hall–Kier alpha value is -4.02. The molecule has 0 aliphatic carbocycles. The number of carbonyl (C=O) groups is 3. The molecule has 9 nitrogen and oxygen atoms in total. The first-order chi connectivity index (χ1) is 23.1. The number of nitrogens with one attached hydrogen (secondary N) is 1. The molecule has 1 atom stereocenters. The van der Waals surface area contributed by atoms with Crippen molar-refractivity contribution >= 4 is 27.6 Å². The minimum absolute atomic E-state index is 0.0213. The van der Waals surface area contributed by atoms with E-state index in [0.717, 1.165) is 50.0 Å². The first-order valence-electron chi connectivity index (χ1n) is 17.1. The molecule has 3 aromatic rings. The summed E-state index contributed by atoms with van der Waals surface area (Å²) in [7, 11) is -3.27. The molecule has 0 spiro atoms. The summed E-state index contributed by atoms with van der Waals surface area (Å²) in [6.45, 7) is 6.37. The number of hydrogen-bond donors (Lipinski definition) is 1. The Bertz CT molecular complexity index is 1620. The number of rotatable bonds is 12. The molecule has 3 aromatic carbocycles. The van der Waals surface area contributed by atoms with Crippen LogP contribution in [0, 0.1) is 5.92 Å². The van der Waals surface area contributed by atoms with E-state index in [1.165, 1.54) is 6.26 Å². The second-order valence-corrected chi connectivity index (χ2v) is 15.1. The fourth-order valence-electron chi connectivity index (χ4n) is 6.94. The summed E-state index contributed by atoms with van der Waals surface area (Å²) < 4.78 is 23.6. The number of likely N-dealkylation sites (N-methyl/N-ethyl adjacent to an activating group) is 1. The van der Waals surface area contributed by atoms with Gasteiger partial charge < -0.3 is 20.0 Å². The summed E-state index contributed by atoms with van der Waals surface area (Å²) in [5, 5.41) is 3.35. The lowest BCUT2D eigenvalue weighted by molar-refractivity contribution is -0.133. The molecule has 2 saturated heterocycles. The highest BCUT2D eigenvalue weighted by molar-refractivity contribution is 7.90. The molecule has 0 bridgehead atoms. The van der Waals surface area contributed by atoms with Crippen LogP contribution in [0.4, 0.5) is 0 Å². The summed E-state index contributed by atoms with van der Waals surface area (Å²) in [5.74, 6) is 0.0117. The Morgan fingerprint density at radius 3 is 2.02 bits per heavy atom. The maximum atomic E-state index is 13.5. The van der Waals surface area contributed by atoms with E-state index in [2.05, 4.69) is 22.3 Å². The van der Waals surface area contributed by atoms with Gasteiger partial charge >= 0.3 is 0 Å². The quantitative estimate of drug-likeness (QED) is 0.298. The lowest BCUT2D eigenvalue weighted by Gasteiger charge is -2.39. The summed E-state index contributed by atoms with van der Waals surface area (Å²) in [4.78, 5) is 46.1. The van der Waals surface area contributed by atoms with Gasteiger partial charge in [0.05, 0.1) is 17.4 Å². The first-order valence-corrected chi connectivity index (χ1v) is 19.0. The molecule has 0 radical (unpaired) electrons. The third-order valence-corrected chi connectivity index (χ3v) is 10.9. The second kappa shape index (κ2) is 16.4. The zero-order valence-corrected chi connectivity index (χ0v) is 28.9. The maximum absolute atomic E-state index is 13.5. The molecule has 0 aromatic heterocycles. The van der Waals surface area contributed by atoms with Crippen LogP contribution in [0.5, 0.6) is 0 Å². The molecule has 48 heavy (non-hydrogen) atoms. The van der Waals surface area contributed by atoms with Crippen LogP contribution in [0.2, 0.25) is 0 Å². The van der Waals surface area contributed by atoms with E-state index in [-0.39, 0.29) is 47.0 Å². The van der Waals surface area contributed by atoms with Gasteiger partial charge in [-0.3, -0.25) is 14.4 Å². The number of carbonyl (C=O) groups excluding carboxylic acids is 3. The number of piperidine rings is 2. The van der Waals surface area contributed by atoms with Gasteiger partial charge in [-0.15, -0.1) is 0 Å². The lowest BCUT2D eigenvalue weighted by Crippen LogP contribution is -2.48. The molecule has 5 rings (SSSR count). The van der Waals surface area contributed by atoms with Gasteiger partial charge in [0.15, 0.2) is 9.84 Å². The average molecular weight is 673 g/mol. The predicted octanol–water partition coefficient (Wildman–Crippen LogP) is 4.75. The normalized spacial score (nSPS) is 17.1. The van der Waals surface area contributed by atoms with E-state index in [0.29, 0.717) is 38.0 Å². The van der Waals surface area contributed by atoms with Crippen molar-refractivity contribution in [2.24, 2.45) is 5.92 Å². The van der Waals surface area contributed by atoms with Gasteiger partial charge in [-0.2, -0.15) is 0 Å². The molecule has 10 heteroatoms. The highest BCUT2D eigenvalue weighted by atomic mass is 32.2. The number of sulfone groups is 1. The molecule has 0 unspecified atom stereocenters. The van der Waals surface area contributed by atoms with E-state index >= 15 is 0 Å². The van der Waals surface area contributed by atoms with Crippen LogP contribution in [-0.2, 0) is 25.8 Å². The monoisotopic (exact) mass is 672 g/mol. The molecule has 2 aliphatic heterocycles. The summed E-state index contributed by atoms with van der Waals surface area (Å²) in [5.41, 5.74) is 2.58. The van der Waals surface area contributed by atoms with Crippen molar-refractivity contribution in [3.63, 3.8) is 0 Å². The minimum Gasteiger partial charge on any atom is -0.349 e. The van der Waals surface area contributed by atoms with E-state index in [9.17, 15) is 22.8 Å². The number of nitrogens with zero attached hydrogens (tertiary/aromatic N) is 3. The van der Waals surface area contributed by atoms with E-state index < -0.39 is 9.84 Å². The van der Waals surface area contributed by atoms with Crippen LogP contribution in [0.15, 0.2) is 89.8 Å². The van der Waals surface area contributed by atoms with Gasteiger partial charge in [-0.05, 0) is 74.4 Å². The zero-order valence-electron chi connectivity index (χ0n) is 28.1. The molecular weight excluding hydrogens is 625 g/mol. The SMILES string of the molecule is CCN(C(=O)Cc1ccc(S(C)(=O)=O)cc1)C1CCN(CC[C@H](NC(=O)C2CCN(C(=O)c3ccccc3)CC2)c2ccccc2)CC1. The topological polar surface area (TPSA) is 107 Å². The fraction of sp³-hybridized carbons (Fsp3) is 0.447. The molecule has 2 heterocycles. The smallest absolute Gasteiger partial charge is 0.253 e. The maximum Gasteiger partial charge on any atom is 0.253 e. The largest absolute Gasteiger partial charge is 0.349 e. The summed E-state index contributed by atoms with van der Waals surface area (Å²) >= 11 is 0. The average Bonchev–Trinajstić information content (AvgIpc) is 3.11. The van der Waals surface area contributed by atoms with Crippen LogP contribution in [0.1, 0.15) is 66.6 Å². The van der Waals surface area contributed by atoms with Crippen molar-refractivity contribution < 1.29 is 22.8 Å². The van der Waals surface area contributed by atoms with E-state index in [4.69, 9.17) is 0 Å². The Morgan fingerprint density at radius 2 is 1.44 bits per heavy atom. The van der Waals surface area contributed by atoms with Crippen LogP contribution < -0.4 is 5.32 Å². The highest BCUT2D eigenvalue weighted by Crippen LogP contribution is 2.25.